The lowest BCUT2D eigenvalue weighted by molar-refractivity contribution is -0.172. The third-order valence-corrected chi connectivity index (χ3v) is 6.37. The van der Waals surface area contributed by atoms with E-state index in [9.17, 15) is 37.1 Å². The minimum atomic E-state index is -4.46. The lowest BCUT2D eigenvalue weighted by atomic mass is 9.98. The molecule has 1 aliphatic heterocycles. The van der Waals surface area contributed by atoms with E-state index in [1.165, 1.54) is 0 Å². The molecule has 1 saturated heterocycles. The number of amides is 2. The second-order valence-corrected chi connectivity index (χ2v) is 8.63. The summed E-state index contributed by atoms with van der Waals surface area (Å²) in [6.07, 6.45) is -2.04. The van der Waals surface area contributed by atoms with Crippen LogP contribution in [0.25, 0.3) is 11.1 Å². The number of likely N-dealkylation sites (N-methyl/N-ethyl adjacent to an activating group) is 1. The molecule has 1 N–H and O–H groups in total. The molecule has 1 atom stereocenters. The normalized spacial score (nSPS) is 18.5. The molecule has 186 valence electrons. The molecule has 7 nitrogen and oxygen atoms in total. The number of ether oxygens (including phenoxy) is 1. The Kier molecular flexibility index (Phi) is 6.20. The van der Waals surface area contributed by atoms with Gasteiger partial charge in [-0.15, -0.1) is 0 Å². The molecule has 2 aliphatic rings. The summed E-state index contributed by atoms with van der Waals surface area (Å²) in [6, 6.07) is 13.3. The van der Waals surface area contributed by atoms with Crippen molar-refractivity contribution < 1.29 is 41.8 Å². The van der Waals surface area contributed by atoms with Gasteiger partial charge in [0.1, 0.15) is 12.6 Å². The zero-order chi connectivity index (χ0) is 25.5. The number of aliphatic carboxylic acids is 1. The minimum absolute atomic E-state index is 0.134. The van der Waals surface area contributed by atoms with Crippen LogP contribution in [0.4, 0.5) is 22.4 Å². The average Bonchev–Trinajstić information content (AvgIpc) is 3.24. The molecule has 1 aliphatic carbocycles. The van der Waals surface area contributed by atoms with Crippen molar-refractivity contribution in [3.63, 3.8) is 0 Å². The number of carboxylic acid groups (broad SMARTS) is 1. The Labute approximate surface area is 197 Å². The first-order chi connectivity index (χ1) is 16.4. The Hall–Kier alpha value is -3.63. The van der Waals surface area contributed by atoms with Gasteiger partial charge >= 0.3 is 23.9 Å². The number of alkyl halides is 4. The van der Waals surface area contributed by atoms with Gasteiger partial charge in [-0.2, -0.15) is 17.6 Å². The largest absolute Gasteiger partial charge is 0.481 e. The monoisotopic (exact) mass is 494 g/mol. The predicted molar refractivity (Wildman–Crippen MR) is 115 cm³/mol. The number of hydrogen-bond acceptors (Lipinski definition) is 4. The number of benzene rings is 2. The first kappa shape index (κ1) is 24.5. The molecule has 0 bridgehead atoms. The van der Waals surface area contributed by atoms with Gasteiger partial charge in [-0.1, -0.05) is 48.5 Å². The van der Waals surface area contributed by atoms with Crippen molar-refractivity contribution in [1.82, 2.24) is 9.80 Å². The molecule has 4 rings (SSSR count). The van der Waals surface area contributed by atoms with E-state index in [0.29, 0.717) is 4.90 Å². The van der Waals surface area contributed by atoms with E-state index in [-0.39, 0.29) is 17.4 Å². The van der Waals surface area contributed by atoms with Gasteiger partial charge in [0, 0.05) is 13.0 Å². The molecule has 0 aromatic heterocycles. The fourth-order valence-corrected chi connectivity index (χ4v) is 4.51. The zero-order valence-electron chi connectivity index (χ0n) is 18.6. The van der Waals surface area contributed by atoms with Crippen molar-refractivity contribution in [2.24, 2.45) is 0 Å². The number of rotatable bonds is 6. The van der Waals surface area contributed by atoms with Crippen LogP contribution in [-0.2, 0) is 14.3 Å². The van der Waals surface area contributed by atoms with Crippen molar-refractivity contribution in [3.05, 3.63) is 59.7 Å². The molecule has 1 heterocycles. The van der Waals surface area contributed by atoms with Gasteiger partial charge in [0.15, 0.2) is 0 Å². The van der Waals surface area contributed by atoms with Crippen molar-refractivity contribution in [2.75, 3.05) is 26.7 Å². The maximum atomic E-state index is 13.6. The molecule has 35 heavy (non-hydrogen) atoms. The topological polar surface area (TPSA) is 87.1 Å². The number of carbonyl (C=O) groups is 3. The summed E-state index contributed by atoms with van der Waals surface area (Å²) in [5, 5.41) is 9.19. The van der Waals surface area contributed by atoms with E-state index in [1.807, 2.05) is 48.5 Å². The van der Waals surface area contributed by atoms with Crippen LogP contribution in [0.5, 0.6) is 0 Å². The van der Waals surface area contributed by atoms with E-state index < -0.39 is 55.4 Å². The Bertz CT molecular complexity index is 1110. The van der Waals surface area contributed by atoms with Crippen LogP contribution in [0, 0.1) is 0 Å². The minimum Gasteiger partial charge on any atom is -0.481 e. The predicted octanol–water partition coefficient (Wildman–Crippen LogP) is 3.82. The summed E-state index contributed by atoms with van der Waals surface area (Å²) >= 11 is 0. The standard InChI is InChI=1S/C24H22F4N2O5/c1-29(19(10-20(31)32)21(33)30-12-23(25,26)24(27,28)13-30)22(34)35-11-18-16-8-4-2-6-14(16)15-7-3-5-9-17(15)18/h2-9,18-19H,10-13H2,1H3,(H,31,32)/t19-/m0/s1. The smallest absolute Gasteiger partial charge is 0.410 e. The fourth-order valence-electron chi connectivity index (χ4n) is 4.51. The van der Waals surface area contributed by atoms with Gasteiger partial charge in [-0.05, 0) is 22.3 Å². The summed E-state index contributed by atoms with van der Waals surface area (Å²) in [4.78, 5) is 37.6. The Morgan fingerprint density at radius 3 is 1.97 bits per heavy atom. The van der Waals surface area contributed by atoms with Gasteiger partial charge in [0.25, 0.3) is 0 Å². The van der Waals surface area contributed by atoms with Gasteiger partial charge in [-0.3, -0.25) is 14.5 Å². The van der Waals surface area contributed by atoms with Gasteiger partial charge in [0.05, 0.1) is 19.5 Å². The molecule has 2 aromatic carbocycles. The molecule has 0 radical (unpaired) electrons. The average molecular weight is 494 g/mol. The number of carboxylic acids is 1. The van der Waals surface area contributed by atoms with Crippen LogP contribution < -0.4 is 0 Å². The molecular weight excluding hydrogens is 472 g/mol. The first-order valence-electron chi connectivity index (χ1n) is 10.8. The highest BCUT2D eigenvalue weighted by Crippen LogP contribution is 2.45. The van der Waals surface area contributed by atoms with Crippen molar-refractivity contribution in [3.8, 4) is 11.1 Å². The Morgan fingerprint density at radius 2 is 1.49 bits per heavy atom. The zero-order valence-corrected chi connectivity index (χ0v) is 18.6. The van der Waals surface area contributed by atoms with E-state index in [2.05, 4.69) is 0 Å². The van der Waals surface area contributed by atoms with Crippen LogP contribution in [0.1, 0.15) is 23.5 Å². The lowest BCUT2D eigenvalue weighted by Crippen LogP contribution is -2.50. The summed E-state index contributed by atoms with van der Waals surface area (Å²) in [6.45, 7) is -3.29. The third kappa shape index (κ3) is 4.42. The number of fused-ring (bicyclic) bond motifs is 3. The SMILES string of the molecule is CN(C(=O)OCC1c2ccccc2-c2ccccc21)[C@@H](CC(=O)O)C(=O)N1CC(F)(F)C(F)(F)C1. The number of carbonyl (C=O) groups excluding carboxylic acids is 2. The summed E-state index contributed by atoms with van der Waals surface area (Å²) < 4.78 is 59.7. The quantitative estimate of drug-likeness (QED) is 0.617. The number of likely N-dealkylation sites (tertiary alicyclic amines) is 1. The van der Waals surface area contributed by atoms with E-state index in [1.54, 1.807) is 0 Å². The van der Waals surface area contributed by atoms with Crippen molar-refractivity contribution >= 4 is 18.0 Å². The van der Waals surface area contributed by atoms with Crippen LogP contribution in [0.15, 0.2) is 48.5 Å². The maximum Gasteiger partial charge on any atom is 0.410 e. The van der Waals surface area contributed by atoms with Crippen molar-refractivity contribution in [2.45, 2.75) is 30.2 Å². The lowest BCUT2D eigenvalue weighted by Gasteiger charge is -2.29. The number of nitrogens with zero attached hydrogens (tertiary/aromatic N) is 2. The van der Waals surface area contributed by atoms with Crippen LogP contribution >= 0.6 is 0 Å². The second-order valence-electron chi connectivity index (χ2n) is 8.63. The van der Waals surface area contributed by atoms with Gasteiger partial charge < -0.3 is 14.7 Å². The van der Waals surface area contributed by atoms with Crippen LogP contribution in [0.3, 0.4) is 0 Å². The van der Waals surface area contributed by atoms with E-state index in [4.69, 9.17) is 4.74 Å². The van der Waals surface area contributed by atoms with Gasteiger partial charge in [-0.25, -0.2) is 4.79 Å². The van der Waals surface area contributed by atoms with E-state index in [0.717, 1.165) is 29.3 Å². The molecule has 0 spiro atoms. The molecule has 1 fully saturated rings. The first-order valence-corrected chi connectivity index (χ1v) is 10.8. The Morgan fingerprint density at radius 1 is 1.00 bits per heavy atom. The highest BCUT2D eigenvalue weighted by molar-refractivity contribution is 5.89. The third-order valence-electron chi connectivity index (χ3n) is 6.37. The second kappa shape index (κ2) is 8.86. The molecular formula is C24H22F4N2O5. The highest BCUT2D eigenvalue weighted by atomic mass is 19.3. The number of halogens is 4. The van der Waals surface area contributed by atoms with Crippen molar-refractivity contribution in [1.29, 1.82) is 0 Å². The summed E-state index contributed by atoms with van der Waals surface area (Å²) in [5.41, 5.74) is 3.80. The molecule has 2 amide bonds. The molecule has 0 saturated carbocycles. The Balaban J connectivity index is 1.49. The fraction of sp³-hybridized carbons (Fsp3) is 0.375. The summed E-state index contributed by atoms with van der Waals surface area (Å²) in [7, 11) is 1.07. The molecule has 11 heteroatoms. The van der Waals surface area contributed by atoms with Gasteiger partial charge in [0.2, 0.25) is 5.91 Å². The molecule has 2 aromatic rings. The van der Waals surface area contributed by atoms with Crippen LogP contribution in [0.2, 0.25) is 0 Å². The maximum absolute atomic E-state index is 13.6. The number of hydrogen-bond donors (Lipinski definition) is 1. The van der Waals surface area contributed by atoms with Crippen LogP contribution in [-0.4, -0.2) is 77.5 Å². The highest BCUT2D eigenvalue weighted by Gasteiger charge is 2.64. The summed E-state index contributed by atoms with van der Waals surface area (Å²) in [5.74, 6) is -12.1. The van der Waals surface area contributed by atoms with E-state index >= 15 is 0 Å². The molecule has 0 unspecified atom stereocenters.